The van der Waals surface area contributed by atoms with Crippen molar-refractivity contribution >= 4 is 21.6 Å². The average molecular weight is 350 g/mol. The van der Waals surface area contributed by atoms with Gasteiger partial charge in [0.25, 0.3) is 0 Å². The van der Waals surface area contributed by atoms with Crippen LogP contribution in [-0.4, -0.2) is 15.9 Å². The minimum absolute atomic E-state index is 0.227. The monoisotopic (exact) mass is 349 g/mol. The summed E-state index contributed by atoms with van der Waals surface area (Å²) in [6, 6.07) is 4.29. The van der Waals surface area contributed by atoms with E-state index in [1.807, 2.05) is 11.6 Å². The number of benzene rings is 1. The minimum Gasteiger partial charge on any atom is -0.405 e. The van der Waals surface area contributed by atoms with Crippen LogP contribution in [0.5, 0.6) is 5.75 Å². The van der Waals surface area contributed by atoms with Crippen LogP contribution in [0.1, 0.15) is 5.69 Å². The highest BCUT2D eigenvalue weighted by molar-refractivity contribution is 9.10. The second kappa shape index (κ2) is 5.74. The highest BCUT2D eigenvalue weighted by Crippen LogP contribution is 2.32. The molecule has 0 saturated carbocycles. The molecule has 1 N–H and O–H groups in total. The van der Waals surface area contributed by atoms with Crippen LogP contribution in [0, 0.1) is 0 Å². The Bertz CT molecular complexity index is 598. The summed E-state index contributed by atoms with van der Waals surface area (Å²) >= 11 is 3.05. The van der Waals surface area contributed by atoms with Gasteiger partial charge in [0, 0.05) is 18.9 Å². The number of nitrogens with one attached hydrogen (secondary N) is 1. The first kappa shape index (κ1) is 14.7. The molecular formula is C12H11BrF3N3O. The van der Waals surface area contributed by atoms with Gasteiger partial charge in [-0.2, -0.15) is 0 Å². The number of rotatable bonds is 4. The van der Waals surface area contributed by atoms with Gasteiger partial charge in [0.2, 0.25) is 0 Å². The smallest absolute Gasteiger partial charge is 0.405 e. The van der Waals surface area contributed by atoms with E-state index < -0.39 is 6.36 Å². The first-order valence-corrected chi connectivity index (χ1v) is 6.39. The molecule has 0 radical (unpaired) electrons. The molecule has 0 aliphatic carbocycles. The highest BCUT2D eigenvalue weighted by atomic mass is 79.9. The molecule has 2 aromatic rings. The van der Waals surface area contributed by atoms with Gasteiger partial charge >= 0.3 is 6.36 Å². The molecule has 0 bridgehead atoms. The van der Waals surface area contributed by atoms with Crippen molar-refractivity contribution in [2.75, 3.05) is 5.32 Å². The summed E-state index contributed by atoms with van der Waals surface area (Å²) in [7, 11) is 1.86. The third-order valence-electron chi connectivity index (χ3n) is 2.55. The van der Waals surface area contributed by atoms with Crippen LogP contribution >= 0.6 is 15.9 Å². The molecule has 2 rings (SSSR count). The number of alkyl halides is 3. The van der Waals surface area contributed by atoms with Crippen molar-refractivity contribution in [2.45, 2.75) is 12.9 Å². The van der Waals surface area contributed by atoms with E-state index in [0.717, 1.165) is 5.69 Å². The molecule has 20 heavy (non-hydrogen) atoms. The number of anilines is 1. The van der Waals surface area contributed by atoms with Crippen LogP contribution in [-0.2, 0) is 13.6 Å². The van der Waals surface area contributed by atoms with Crippen LogP contribution in [0.3, 0.4) is 0 Å². The number of hydrogen-bond donors (Lipinski definition) is 1. The standard InChI is InChI=1S/C12H11BrF3N3O/c1-19-7-17-5-9(19)6-18-8-2-3-11(10(13)4-8)20-12(14,15)16/h2-5,7,18H,6H2,1H3. The van der Waals surface area contributed by atoms with E-state index in [1.54, 1.807) is 12.5 Å². The van der Waals surface area contributed by atoms with Crippen molar-refractivity contribution in [3.63, 3.8) is 0 Å². The Morgan fingerprint density at radius 2 is 2.15 bits per heavy atom. The first-order valence-electron chi connectivity index (χ1n) is 5.59. The number of hydrogen-bond acceptors (Lipinski definition) is 3. The molecule has 1 aromatic carbocycles. The van der Waals surface area contributed by atoms with Crippen LogP contribution in [0.4, 0.5) is 18.9 Å². The normalized spacial score (nSPS) is 11.4. The molecule has 8 heteroatoms. The maximum absolute atomic E-state index is 12.1. The molecule has 0 spiro atoms. The predicted octanol–water partition coefficient (Wildman–Crippen LogP) is 3.69. The molecular weight excluding hydrogens is 339 g/mol. The first-order chi connectivity index (χ1) is 9.35. The Morgan fingerprint density at radius 1 is 1.40 bits per heavy atom. The van der Waals surface area contributed by atoms with E-state index in [2.05, 4.69) is 31.0 Å². The second-order valence-electron chi connectivity index (χ2n) is 4.04. The molecule has 0 aliphatic rings. The van der Waals surface area contributed by atoms with Gasteiger partial charge in [0.1, 0.15) is 5.75 Å². The Morgan fingerprint density at radius 3 is 2.70 bits per heavy atom. The van der Waals surface area contributed by atoms with Gasteiger partial charge in [-0.15, -0.1) is 13.2 Å². The Balaban J connectivity index is 2.04. The van der Waals surface area contributed by atoms with E-state index in [4.69, 9.17) is 0 Å². The molecule has 4 nitrogen and oxygen atoms in total. The van der Waals surface area contributed by atoms with Crippen molar-refractivity contribution in [3.8, 4) is 5.75 Å². The van der Waals surface area contributed by atoms with E-state index in [9.17, 15) is 13.2 Å². The summed E-state index contributed by atoms with van der Waals surface area (Å²) in [6.45, 7) is 0.516. The Labute approximate surface area is 121 Å². The topological polar surface area (TPSA) is 39.1 Å². The lowest BCUT2D eigenvalue weighted by Gasteiger charge is -2.12. The summed E-state index contributed by atoms with van der Waals surface area (Å²) in [6.07, 6.45) is -1.32. The van der Waals surface area contributed by atoms with Crippen LogP contribution in [0.15, 0.2) is 35.2 Å². The molecule has 0 saturated heterocycles. The van der Waals surface area contributed by atoms with Crippen molar-refractivity contribution in [3.05, 3.63) is 40.9 Å². The number of aryl methyl sites for hydroxylation is 1. The average Bonchev–Trinajstić information content (AvgIpc) is 2.74. The molecule has 0 fully saturated rings. The second-order valence-corrected chi connectivity index (χ2v) is 4.90. The summed E-state index contributed by atoms with van der Waals surface area (Å²) in [5, 5.41) is 3.09. The minimum atomic E-state index is -4.70. The van der Waals surface area contributed by atoms with E-state index in [1.165, 1.54) is 18.2 Å². The fourth-order valence-electron chi connectivity index (χ4n) is 1.57. The molecule has 0 amide bonds. The van der Waals surface area contributed by atoms with Gasteiger partial charge in [-0.05, 0) is 34.1 Å². The summed E-state index contributed by atoms with van der Waals surface area (Å²) in [5.41, 5.74) is 1.63. The Hall–Kier alpha value is -1.70. The van der Waals surface area contributed by atoms with Crippen molar-refractivity contribution in [1.29, 1.82) is 0 Å². The maximum atomic E-state index is 12.1. The third kappa shape index (κ3) is 3.89. The maximum Gasteiger partial charge on any atom is 0.573 e. The lowest BCUT2D eigenvalue weighted by molar-refractivity contribution is -0.274. The van der Waals surface area contributed by atoms with E-state index in [-0.39, 0.29) is 10.2 Å². The van der Waals surface area contributed by atoms with Gasteiger partial charge in [-0.1, -0.05) is 0 Å². The lowest BCUT2D eigenvalue weighted by Crippen LogP contribution is -2.17. The fraction of sp³-hybridized carbons (Fsp3) is 0.250. The molecule has 1 heterocycles. The van der Waals surface area contributed by atoms with E-state index in [0.29, 0.717) is 12.2 Å². The molecule has 108 valence electrons. The van der Waals surface area contributed by atoms with Crippen LogP contribution in [0.2, 0.25) is 0 Å². The predicted molar refractivity (Wildman–Crippen MR) is 71.4 cm³/mol. The summed E-state index contributed by atoms with van der Waals surface area (Å²) in [5.74, 6) is -0.274. The van der Waals surface area contributed by atoms with E-state index >= 15 is 0 Å². The van der Waals surface area contributed by atoms with Gasteiger partial charge in [-0.3, -0.25) is 0 Å². The van der Waals surface area contributed by atoms with Crippen molar-refractivity contribution in [1.82, 2.24) is 9.55 Å². The van der Waals surface area contributed by atoms with Gasteiger partial charge in [0.15, 0.2) is 0 Å². The quantitative estimate of drug-likeness (QED) is 0.914. The number of halogens is 4. The zero-order valence-corrected chi connectivity index (χ0v) is 12.0. The Kier molecular flexibility index (Phi) is 4.22. The SMILES string of the molecule is Cn1cncc1CNc1ccc(OC(F)(F)F)c(Br)c1. The largest absolute Gasteiger partial charge is 0.573 e. The summed E-state index contributed by atoms with van der Waals surface area (Å²) in [4.78, 5) is 3.97. The zero-order chi connectivity index (χ0) is 14.8. The fourth-order valence-corrected chi connectivity index (χ4v) is 2.03. The number of imidazole rings is 1. The molecule has 0 atom stereocenters. The number of aromatic nitrogens is 2. The molecule has 0 aliphatic heterocycles. The van der Waals surface area contributed by atoms with Crippen molar-refractivity contribution < 1.29 is 17.9 Å². The lowest BCUT2D eigenvalue weighted by atomic mass is 10.3. The zero-order valence-electron chi connectivity index (χ0n) is 10.4. The molecule has 1 aromatic heterocycles. The van der Waals surface area contributed by atoms with Gasteiger partial charge < -0.3 is 14.6 Å². The third-order valence-corrected chi connectivity index (χ3v) is 3.17. The van der Waals surface area contributed by atoms with Crippen molar-refractivity contribution in [2.24, 2.45) is 7.05 Å². The number of ether oxygens (including phenoxy) is 1. The summed E-state index contributed by atoms with van der Waals surface area (Å²) < 4.78 is 42.3. The van der Waals surface area contributed by atoms with Gasteiger partial charge in [-0.25, -0.2) is 4.98 Å². The van der Waals surface area contributed by atoms with Gasteiger partial charge in [0.05, 0.1) is 23.0 Å². The highest BCUT2D eigenvalue weighted by Gasteiger charge is 2.31. The molecule has 0 unspecified atom stereocenters. The van der Waals surface area contributed by atoms with Crippen LogP contribution in [0.25, 0.3) is 0 Å². The van der Waals surface area contributed by atoms with Crippen LogP contribution < -0.4 is 10.1 Å². The number of nitrogens with zero attached hydrogens (tertiary/aromatic N) is 2.